The Morgan fingerprint density at radius 2 is 1.84 bits per heavy atom. The predicted molar refractivity (Wildman–Crippen MR) is 81.0 cm³/mol. The van der Waals surface area contributed by atoms with Crippen LogP contribution in [0.5, 0.6) is 0 Å². The molecule has 0 spiro atoms. The highest BCUT2D eigenvalue weighted by molar-refractivity contribution is 5.47. The molecule has 0 radical (unpaired) electrons. The van der Waals surface area contributed by atoms with Crippen LogP contribution in [-0.2, 0) is 5.41 Å². The minimum absolute atomic E-state index is 0.434. The van der Waals surface area contributed by atoms with Gasteiger partial charge in [0.1, 0.15) is 0 Å². The van der Waals surface area contributed by atoms with Crippen LogP contribution in [0.1, 0.15) is 33.3 Å². The molecule has 0 aliphatic carbocycles. The molecule has 0 aromatic heterocycles. The number of nitrogens with two attached hydrogens (primary N) is 1. The van der Waals surface area contributed by atoms with E-state index in [0.29, 0.717) is 18.4 Å². The summed E-state index contributed by atoms with van der Waals surface area (Å²) in [5, 5.41) is 12.5. The van der Waals surface area contributed by atoms with Crippen molar-refractivity contribution in [2.45, 2.75) is 33.1 Å². The van der Waals surface area contributed by atoms with E-state index in [1.807, 2.05) is 38.1 Å². The van der Waals surface area contributed by atoms with Gasteiger partial charge in [-0.3, -0.25) is 0 Å². The number of nitrogens with zero attached hydrogens (tertiary/aromatic N) is 1. The molecule has 0 saturated carbocycles. The maximum Gasteiger partial charge on any atom is 0.0766 e. The van der Waals surface area contributed by atoms with Gasteiger partial charge in [-0.15, -0.1) is 0 Å². The van der Waals surface area contributed by atoms with Crippen LogP contribution in [0.15, 0.2) is 24.3 Å². The maximum absolute atomic E-state index is 9.11. The maximum atomic E-state index is 9.11. The van der Waals surface area contributed by atoms with Crippen molar-refractivity contribution >= 4 is 5.69 Å². The summed E-state index contributed by atoms with van der Waals surface area (Å²) >= 11 is 0. The highest BCUT2D eigenvalue weighted by Gasteiger charge is 2.19. The molecule has 0 aliphatic heterocycles. The average molecular weight is 259 g/mol. The van der Waals surface area contributed by atoms with Crippen LogP contribution in [0.4, 0.5) is 5.69 Å². The summed E-state index contributed by atoms with van der Waals surface area (Å²) in [4.78, 5) is 0. The lowest BCUT2D eigenvalue weighted by Crippen LogP contribution is -2.27. The Bertz CT molecular complexity index is 426. The Balaban J connectivity index is 2.66. The van der Waals surface area contributed by atoms with E-state index in [4.69, 9.17) is 11.0 Å². The number of hydrogen-bond acceptors (Lipinski definition) is 3. The molecule has 19 heavy (non-hydrogen) atoms. The van der Waals surface area contributed by atoms with Gasteiger partial charge in [-0.2, -0.15) is 5.26 Å². The van der Waals surface area contributed by atoms with E-state index in [9.17, 15) is 0 Å². The third kappa shape index (κ3) is 4.25. The molecular formula is C16H25N3. The van der Waals surface area contributed by atoms with Gasteiger partial charge in [0.15, 0.2) is 0 Å². The zero-order valence-corrected chi connectivity index (χ0v) is 12.4. The van der Waals surface area contributed by atoms with E-state index in [1.165, 1.54) is 0 Å². The largest absolute Gasteiger partial charge is 0.385 e. The lowest BCUT2D eigenvalue weighted by Gasteiger charge is -2.20. The van der Waals surface area contributed by atoms with Gasteiger partial charge in [0.05, 0.1) is 11.5 Å². The average Bonchev–Trinajstić information content (AvgIpc) is 2.39. The van der Waals surface area contributed by atoms with Crippen LogP contribution in [0.2, 0.25) is 0 Å². The summed E-state index contributed by atoms with van der Waals surface area (Å²) in [6, 6.07) is 10.4. The van der Waals surface area contributed by atoms with E-state index >= 15 is 0 Å². The second kappa shape index (κ2) is 6.58. The molecule has 1 unspecified atom stereocenters. The highest BCUT2D eigenvalue weighted by Crippen LogP contribution is 2.23. The van der Waals surface area contributed by atoms with Crippen LogP contribution < -0.4 is 11.1 Å². The van der Waals surface area contributed by atoms with E-state index < -0.39 is 5.41 Å². The second-order valence-electron chi connectivity index (χ2n) is 5.93. The molecule has 3 N–H and O–H groups in total. The Hall–Kier alpha value is -1.53. The fraction of sp³-hybridized carbons (Fsp3) is 0.562. The van der Waals surface area contributed by atoms with E-state index in [1.54, 1.807) is 0 Å². The summed E-state index contributed by atoms with van der Waals surface area (Å²) in [7, 11) is 0. The molecule has 1 atom stereocenters. The van der Waals surface area contributed by atoms with Crippen molar-refractivity contribution in [1.82, 2.24) is 0 Å². The van der Waals surface area contributed by atoms with Gasteiger partial charge in [0, 0.05) is 12.2 Å². The lowest BCUT2D eigenvalue weighted by molar-refractivity contribution is 0.413. The first-order valence-corrected chi connectivity index (χ1v) is 6.86. The van der Waals surface area contributed by atoms with Crippen molar-refractivity contribution in [2.75, 3.05) is 18.4 Å². The van der Waals surface area contributed by atoms with Crippen molar-refractivity contribution < 1.29 is 0 Å². The quantitative estimate of drug-likeness (QED) is 0.825. The third-order valence-electron chi connectivity index (χ3n) is 3.70. The van der Waals surface area contributed by atoms with Crippen molar-refractivity contribution in [3.63, 3.8) is 0 Å². The molecule has 0 aliphatic rings. The van der Waals surface area contributed by atoms with Crippen LogP contribution in [0.25, 0.3) is 0 Å². The number of nitrogens with one attached hydrogen (secondary N) is 1. The molecule has 0 bridgehead atoms. The first-order chi connectivity index (χ1) is 8.90. The van der Waals surface area contributed by atoms with E-state index in [0.717, 1.165) is 17.8 Å². The van der Waals surface area contributed by atoms with Crippen LogP contribution >= 0.6 is 0 Å². The van der Waals surface area contributed by atoms with Gasteiger partial charge in [0.2, 0.25) is 0 Å². The van der Waals surface area contributed by atoms with Gasteiger partial charge in [-0.25, -0.2) is 0 Å². The summed E-state index contributed by atoms with van der Waals surface area (Å²) in [5.41, 5.74) is 7.45. The molecule has 3 nitrogen and oxygen atoms in total. The molecule has 0 saturated heterocycles. The number of hydrogen-bond donors (Lipinski definition) is 2. The number of rotatable bonds is 6. The molecule has 0 heterocycles. The SMILES string of the molecule is CC(C)C(CN)CNc1ccc(C(C)(C)C#N)cc1. The number of nitriles is 1. The van der Waals surface area contributed by atoms with E-state index in [2.05, 4.69) is 25.2 Å². The number of anilines is 1. The molecule has 1 aromatic rings. The Morgan fingerprint density at radius 1 is 1.26 bits per heavy atom. The summed E-state index contributed by atoms with van der Waals surface area (Å²) < 4.78 is 0. The molecule has 3 heteroatoms. The van der Waals surface area contributed by atoms with Gasteiger partial charge >= 0.3 is 0 Å². The van der Waals surface area contributed by atoms with Crippen molar-refractivity contribution in [1.29, 1.82) is 5.26 Å². The molecule has 104 valence electrons. The van der Waals surface area contributed by atoms with Crippen molar-refractivity contribution in [3.05, 3.63) is 29.8 Å². The minimum atomic E-state index is -0.434. The van der Waals surface area contributed by atoms with E-state index in [-0.39, 0.29) is 0 Å². The molecular weight excluding hydrogens is 234 g/mol. The standard InChI is InChI=1S/C16H25N3/c1-12(2)13(9-17)10-19-15-7-5-14(6-8-15)16(3,4)11-18/h5-8,12-13,19H,9-10,17H2,1-4H3. The molecule has 1 aromatic carbocycles. The zero-order valence-electron chi connectivity index (χ0n) is 12.4. The normalized spacial score (nSPS) is 13.1. The fourth-order valence-electron chi connectivity index (χ4n) is 1.91. The van der Waals surface area contributed by atoms with Gasteiger partial charge < -0.3 is 11.1 Å². The van der Waals surface area contributed by atoms with Gasteiger partial charge in [-0.05, 0) is 49.9 Å². The topological polar surface area (TPSA) is 61.8 Å². The fourth-order valence-corrected chi connectivity index (χ4v) is 1.91. The van der Waals surface area contributed by atoms with Crippen molar-refractivity contribution in [3.8, 4) is 6.07 Å². The summed E-state index contributed by atoms with van der Waals surface area (Å²) in [6.07, 6.45) is 0. The smallest absolute Gasteiger partial charge is 0.0766 e. The van der Waals surface area contributed by atoms with Crippen LogP contribution in [-0.4, -0.2) is 13.1 Å². The highest BCUT2D eigenvalue weighted by atomic mass is 14.9. The first kappa shape index (κ1) is 15.5. The summed E-state index contributed by atoms with van der Waals surface area (Å²) in [6.45, 7) is 9.83. The Kier molecular flexibility index (Phi) is 5.38. The second-order valence-corrected chi connectivity index (χ2v) is 5.93. The van der Waals surface area contributed by atoms with Crippen molar-refractivity contribution in [2.24, 2.45) is 17.6 Å². The Labute approximate surface area is 116 Å². The summed E-state index contributed by atoms with van der Waals surface area (Å²) in [5.74, 6) is 1.06. The molecule has 1 rings (SSSR count). The zero-order chi connectivity index (χ0) is 14.5. The molecule has 0 amide bonds. The van der Waals surface area contributed by atoms with Crippen LogP contribution in [0, 0.1) is 23.2 Å². The first-order valence-electron chi connectivity index (χ1n) is 6.86. The third-order valence-corrected chi connectivity index (χ3v) is 3.70. The number of benzene rings is 1. The molecule has 0 fully saturated rings. The Morgan fingerprint density at radius 3 is 2.26 bits per heavy atom. The minimum Gasteiger partial charge on any atom is -0.385 e. The predicted octanol–water partition coefficient (Wildman–Crippen LogP) is 3.13. The monoisotopic (exact) mass is 259 g/mol. The van der Waals surface area contributed by atoms with Gasteiger partial charge in [-0.1, -0.05) is 26.0 Å². The van der Waals surface area contributed by atoms with Gasteiger partial charge in [0.25, 0.3) is 0 Å². The lowest BCUT2D eigenvalue weighted by atomic mass is 9.86. The van der Waals surface area contributed by atoms with Crippen LogP contribution in [0.3, 0.4) is 0 Å².